The zero-order valence-corrected chi connectivity index (χ0v) is 16.1. The summed E-state index contributed by atoms with van der Waals surface area (Å²) in [7, 11) is 0. The predicted octanol–water partition coefficient (Wildman–Crippen LogP) is 4.77. The molecule has 1 atom stereocenters. The van der Waals surface area contributed by atoms with E-state index < -0.39 is 0 Å². The van der Waals surface area contributed by atoms with Gasteiger partial charge in [0.2, 0.25) is 5.91 Å². The number of fused-ring (bicyclic) bond motifs is 1. The fourth-order valence-corrected chi connectivity index (χ4v) is 5.14. The zero-order chi connectivity index (χ0) is 16.7. The summed E-state index contributed by atoms with van der Waals surface area (Å²) in [5.74, 6) is 0.807. The van der Waals surface area contributed by atoms with E-state index in [2.05, 4.69) is 37.6 Å². The van der Waals surface area contributed by atoms with Crippen molar-refractivity contribution in [3.63, 3.8) is 0 Å². The van der Waals surface area contributed by atoms with Gasteiger partial charge in [-0.2, -0.15) is 0 Å². The molecule has 1 amide bonds. The number of hydrogen-bond donors (Lipinski definition) is 1. The van der Waals surface area contributed by atoms with Crippen molar-refractivity contribution in [2.24, 2.45) is 5.92 Å². The van der Waals surface area contributed by atoms with Gasteiger partial charge in [0.15, 0.2) is 0 Å². The lowest BCUT2D eigenvalue weighted by Gasteiger charge is -2.35. The van der Waals surface area contributed by atoms with Gasteiger partial charge in [-0.3, -0.25) is 9.69 Å². The van der Waals surface area contributed by atoms with Crippen LogP contribution < -0.4 is 5.32 Å². The number of benzene rings is 1. The Kier molecular flexibility index (Phi) is 4.50. The first-order chi connectivity index (χ1) is 11.6. The van der Waals surface area contributed by atoms with Crippen molar-refractivity contribution < 1.29 is 4.79 Å². The van der Waals surface area contributed by atoms with E-state index in [4.69, 9.17) is 0 Å². The summed E-state index contributed by atoms with van der Waals surface area (Å²) in [5.41, 5.74) is 3.49. The molecule has 4 rings (SSSR count). The molecule has 2 aliphatic rings. The van der Waals surface area contributed by atoms with E-state index >= 15 is 0 Å². The van der Waals surface area contributed by atoms with E-state index in [-0.39, 0.29) is 5.91 Å². The standard InChI is InChI=1S/C19H21BrN2OS/c1-12-2-5-16(15(20)10-12)21-18(23)11-22-8-6-17-14(7-9-24-17)19(22)13-3-4-13/h2,5,7,9-10,13,19H,3-4,6,8,11H2,1H3,(H,21,23)/t19-/m0/s1. The van der Waals surface area contributed by atoms with Gasteiger partial charge in [-0.1, -0.05) is 6.07 Å². The Morgan fingerprint density at radius 2 is 2.21 bits per heavy atom. The molecule has 24 heavy (non-hydrogen) atoms. The number of nitrogens with zero attached hydrogens (tertiary/aromatic N) is 1. The van der Waals surface area contributed by atoms with Gasteiger partial charge in [-0.05, 0) is 82.7 Å². The lowest BCUT2D eigenvalue weighted by molar-refractivity contribution is -0.118. The van der Waals surface area contributed by atoms with Crippen molar-refractivity contribution in [3.05, 3.63) is 50.1 Å². The highest BCUT2D eigenvalue weighted by molar-refractivity contribution is 9.10. The van der Waals surface area contributed by atoms with Crippen molar-refractivity contribution in [2.75, 3.05) is 18.4 Å². The molecule has 0 bridgehead atoms. The summed E-state index contributed by atoms with van der Waals surface area (Å²) in [4.78, 5) is 16.5. The largest absolute Gasteiger partial charge is 0.324 e. The highest BCUT2D eigenvalue weighted by Gasteiger charge is 2.40. The van der Waals surface area contributed by atoms with Gasteiger partial charge in [-0.15, -0.1) is 11.3 Å². The molecule has 2 heterocycles. The minimum Gasteiger partial charge on any atom is -0.324 e. The molecule has 1 saturated carbocycles. The molecule has 1 aromatic heterocycles. The summed E-state index contributed by atoms with van der Waals surface area (Å²) in [5, 5.41) is 5.26. The number of aryl methyl sites for hydroxylation is 1. The Bertz CT molecular complexity index is 768. The Morgan fingerprint density at radius 1 is 1.38 bits per heavy atom. The fourth-order valence-electron chi connectivity index (χ4n) is 3.64. The number of hydrogen-bond acceptors (Lipinski definition) is 3. The third-order valence-corrected chi connectivity index (χ3v) is 6.58. The van der Waals surface area contributed by atoms with E-state index in [0.717, 1.165) is 29.0 Å². The highest BCUT2D eigenvalue weighted by atomic mass is 79.9. The molecule has 126 valence electrons. The number of amides is 1. The smallest absolute Gasteiger partial charge is 0.238 e. The Morgan fingerprint density at radius 3 is 2.96 bits per heavy atom. The summed E-state index contributed by atoms with van der Waals surface area (Å²) >= 11 is 5.40. The Hall–Kier alpha value is -1.17. The average Bonchev–Trinajstić information content (AvgIpc) is 3.26. The van der Waals surface area contributed by atoms with Crippen LogP contribution in [0.5, 0.6) is 0 Å². The molecule has 1 aliphatic carbocycles. The van der Waals surface area contributed by atoms with Crippen LogP contribution in [0, 0.1) is 12.8 Å². The fraction of sp³-hybridized carbons (Fsp3) is 0.421. The Balaban J connectivity index is 1.47. The van der Waals surface area contributed by atoms with Crippen molar-refractivity contribution >= 4 is 38.9 Å². The number of thiophene rings is 1. The van der Waals surface area contributed by atoms with Crippen molar-refractivity contribution in [1.29, 1.82) is 0 Å². The van der Waals surface area contributed by atoms with Crippen LogP contribution in [0.3, 0.4) is 0 Å². The van der Waals surface area contributed by atoms with Gasteiger partial charge >= 0.3 is 0 Å². The van der Waals surface area contributed by atoms with E-state index in [1.807, 2.05) is 36.5 Å². The number of halogens is 1. The van der Waals surface area contributed by atoms with Crippen molar-refractivity contribution in [3.8, 4) is 0 Å². The van der Waals surface area contributed by atoms with Crippen LogP contribution in [0.15, 0.2) is 34.1 Å². The molecule has 0 radical (unpaired) electrons. The van der Waals surface area contributed by atoms with E-state index in [9.17, 15) is 4.79 Å². The third-order valence-electron chi connectivity index (χ3n) is 4.93. The molecular weight excluding hydrogens is 384 g/mol. The van der Waals surface area contributed by atoms with E-state index in [1.54, 1.807) is 0 Å². The first-order valence-electron chi connectivity index (χ1n) is 8.48. The molecular formula is C19H21BrN2OS. The minimum absolute atomic E-state index is 0.0730. The topological polar surface area (TPSA) is 32.3 Å². The van der Waals surface area contributed by atoms with Gasteiger partial charge in [0, 0.05) is 21.9 Å². The van der Waals surface area contributed by atoms with Crippen molar-refractivity contribution in [2.45, 2.75) is 32.2 Å². The summed E-state index contributed by atoms with van der Waals surface area (Å²) in [6.45, 7) is 3.50. The van der Waals surface area contributed by atoms with Gasteiger partial charge < -0.3 is 5.32 Å². The zero-order valence-electron chi connectivity index (χ0n) is 13.7. The lowest BCUT2D eigenvalue weighted by atomic mass is 9.96. The van der Waals surface area contributed by atoms with E-state index in [0.29, 0.717) is 12.6 Å². The minimum atomic E-state index is 0.0730. The molecule has 1 N–H and O–H groups in total. The normalized spacial score (nSPS) is 20.7. The van der Waals surface area contributed by atoms with Crippen LogP contribution in [0.25, 0.3) is 0 Å². The first kappa shape index (κ1) is 16.3. The quantitative estimate of drug-likeness (QED) is 0.795. The van der Waals surface area contributed by atoms with Crippen LogP contribution in [0.4, 0.5) is 5.69 Å². The Labute approximate surface area is 155 Å². The van der Waals surface area contributed by atoms with Crippen LogP contribution in [0.2, 0.25) is 0 Å². The maximum Gasteiger partial charge on any atom is 0.238 e. The summed E-state index contributed by atoms with van der Waals surface area (Å²) in [6.07, 6.45) is 3.65. The van der Waals surface area contributed by atoms with Crippen LogP contribution in [-0.4, -0.2) is 23.9 Å². The van der Waals surface area contributed by atoms with Crippen LogP contribution in [-0.2, 0) is 11.2 Å². The summed E-state index contributed by atoms with van der Waals surface area (Å²) < 4.78 is 0.938. The van der Waals surface area contributed by atoms with Gasteiger partial charge in [0.25, 0.3) is 0 Å². The number of carbonyl (C=O) groups excluding carboxylic acids is 1. The molecule has 2 aromatic rings. The molecule has 0 unspecified atom stereocenters. The van der Waals surface area contributed by atoms with Gasteiger partial charge in [-0.25, -0.2) is 0 Å². The maximum absolute atomic E-state index is 12.6. The molecule has 1 aromatic carbocycles. The highest BCUT2D eigenvalue weighted by Crippen LogP contribution is 2.48. The predicted molar refractivity (Wildman–Crippen MR) is 103 cm³/mol. The molecule has 0 saturated heterocycles. The number of carbonyl (C=O) groups is 1. The maximum atomic E-state index is 12.6. The average molecular weight is 405 g/mol. The third kappa shape index (κ3) is 3.30. The van der Waals surface area contributed by atoms with Crippen LogP contribution >= 0.6 is 27.3 Å². The molecule has 3 nitrogen and oxygen atoms in total. The number of anilines is 1. The van der Waals surface area contributed by atoms with Gasteiger partial charge in [0.1, 0.15) is 0 Å². The second kappa shape index (κ2) is 6.62. The van der Waals surface area contributed by atoms with Gasteiger partial charge in [0.05, 0.1) is 12.2 Å². The second-order valence-electron chi connectivity index (χ2n) is 6.83. The lowest BCUT2D eigenvalue weighted by Crippen LogP contribution is -2.41. The van der Waals surface area contributed by atoms with E-state index in [1.165, 1.54) is 28.8 Å². The molecule has 1 aliphatic heterocycles. The molecule has 5 heteroatoms. The van der Waals surface area contributed by atoms with Crippen molar-refractivity contribution in [1.82, 2.24) is 4.90 Å². The molecule has 1 fully saturated rings. The number of nitrogens with one attached hydrogen (secondary N) is 1. The monoisotopic (exact) mass is 404 g/mol. The second-order valence-corrected chi connectivity index (χ2v) is 8.69. The molecule has 0 spiro atoms. The SMILES string of the molecule is Cc1ccc(NC(=O)CN2CCc3sccc3[C@@H]2C2CC2)c(Br)c1. The first-order valence-corrected chi connectivity index (χ1v) is 10.2. The summed E-state index contributed by atoms with van der Waals surface area (Å²) in [6, 6.07) is 8.71. The number of rotatable bonds is 4. The van der Waals surface area contributed by atoms with Crippen LogP contribution in [0.1, 0.15) is 34.9 Å².